The number of hydrogen-bond acceptors (Lipinski definition) is 6. The maximum absolute atomic E-state index is 12.7. The zero-order chi connectivity index (χ0) is 24.6. The van der Waals surface area contributed by atoms with Gasteiger partial charge in [-0.05, 0) is 24.5 Å². The van der Waals surface area contributed by atoms with Gasteiger partial charge in [0.1, 0.15) is 23.6 Å². The largest absolute Gasteiger partial charge is 0.433 e. The first-order valence-electron chi connectivity index (χ1n) is 11.5. The van der Waals surface area contributed by atoms with E-state index in [-0.39, 0.29) is 18.7 Å². The number of amides is 2. The van der Waals surface area contributed by atoms with Gasteiger partial charge in [-0.3, -0.25) is 14.4 Å². The van der Waals surface area contributed by atoms with Crippen LogP contribution in [0, 0.1) is 0 Å². The van der Waals surface area contributed by atoms with Crippen LogP contribution in [0.4, 0.5) is 0 Å². The van der Waals surface area contributed by atoms with Crippen molar-refractivity contribution in [1.29, 1.82) is 0 Å². The van der Waals surface area contributed by atoms with E-state index in [1.165, 1.54) is 11.8 Å². The molecule has 2 aromatic carbocycles. The minimum absolute atomic E-state index is 0.00279. The van der Waals surface area contributed by atoms with E-state index in [4.69, 9.17) is 9.47 Å². The molecule has 9 nitrogen and oxygen atoms in total. The Balaban J connectivity index is 1.26. The van der Waals surface area contributed by atoms with Gasteiger partial charge < -0.3 is 25.1 Å². The van der Waals surface area contributed by atoms with E-state index in [1.807, 2.05) is 60.7 Å². The molecule has 35 heavy (non-hydrogen) atoms. The Morgan fingerprint density at radius 2 is 1.77 bits per heavy atom. The van der Waals surface area contributed by atoms with E-state index in [2.05, 4.69) is 20.6 Å². The Kier molecular flexibility index (Phi) is 7.89. The number of nitrogens with zero attached hydrogens (tertiary/aromatic N) is 1. The predicted octanol–water partition coefficient (Wildman–Crippen LogP) is 2.29. The molecular weight excluding hydrogens is 448 g/mol. The summed E-state index contributed by atoms with van der Waals surface area (Å²) < 4.78 is 10.9. The second-order valence-electron chi connectivity index (χ2n) is 8.40. The molecule has 1 aliphatic rings. The van der Waals surface area contributed by atoms with Gasteiger partial charge in [-0.2, -0.15) is 0 Å². The van der Waals surface area contributed by atoms with Crippen LogP contribution in [0.3, 0.4) is 0 Å². The van der Waals surface area contributed by atoms with E-state index < -0.39 is 36.2 Å². The fraction of sp³-hybridized carbons (Fsp3) is 0.308. The van der Waals surface area contributed by atoms with Crippen LogP contribution in [0.1, 0.15) is 40.8 Å². The molecule has 1 aromatic heterocycles. The molecule has 0 spiro atoms. The molecule has 3 atom stereocenters. The van der Waals surface area contributed by atoms with Crippen molar-refractivity contribution >= 4 is 17.8 Å². The highest BCUT2D eigenvalue weighted by molar-refractivity contribution is 5.96. The van der Waals surface area contributed by atoms with Gasteiger partial charge in [-0.1, -0.05) is 60.7 Å². The predicted molar refractivity (Wildman–Crippen MR) is 127 cm³/mol. The Morgan fingerprint density at radius 3 is 2.49 bits per heavy atom. The lowest BCUT2D eigenvalue weighted by Gasteiger charge is -2.21. The molecule has 2 heterocycles. The van der Waals surface area contributed by atoms with Crippen LogP contribution >= 0.6 is 0 Å². The fourth-order valence-corrected chi connectivity index (χ4v) is 3.72. The van der Waals surface area contributed by atoms with Gasteiger partial charge in [-0.15, -0.1) is 0 Å². The summed E-state index contributed by atoms with van der Waals surface area (Å²) in [4.78, 5) is 44.3. The van der Waals surface area contributed by atoms with Gasteiger partial charge in [0.2, 0.25) is 12.2 Å². The van der Waals surface area contributed by atoms with E-state index in [9.17, 15) is 14.4 Å². The normalized spacial score (nSPS) is 18.0. The Hall–Kier alpha value is -3.98. The van der Waals surface area contributed by atoms with Crippen molar-refractivity contribution in [1.82, 2.24) is 20.6 Å². The quantitative estimate of drug-likeness (QED) is 0.386. The maximum atomic E-state index is 12.7. The van der Waals surface area contributed by atoms with Gasteiger partial charge in [-0.25, -0.2) is 4.98 Å². The summed E-state index contributed by atoms with van der Waals surface area (Å²) in [6.45, 7) is 1.81. The molecule has 0 radical (unpaired) electrons. The number of esters is 1. The number of cyclic esters (lactones) is 1. The van der Waals surface area contributed by atoms with Crippen LogP contribution in [0.5, 0.6) is 0 Å². The van der Waals surface area contributed by atoms with Crippen molar-refractivity contribution < 1.29 is 23.9 Å². The lowest BCUT2D eigenvalue weighted by Crippen LogP contribution is -2.50. The highest BCUT2D eigenvalue weighted by atomic mass is 16.7. The average Bonchev–Trinajstić information content (AvgIpc) is 3.49. The van der Waals surface area contributed by atoms with E-state index in [0.717, 1.165) is 12.0 Å². The van der Waals surface area contributed by atoms with Crippen molar-refractivity contribution in [2.45, 2.75) is 51.2 Å². The highest BCUT2D eigenvalue weighted by Crippen LogP contribution is 2.18. The zero-order valence-corrected chi connectivity index (χ0v) is 19.4. The van der Waals surface area contributed by atoms with Crippen molar-refractivity contribution in [3.8, 4) is 0 Å². The summed E-state index contributed by atoms with van der Waals surface area (Å²) in [5.74, 6) is -0.651. The monoisotopic (exact) mass is 476 g/mol. The molecule has 2 amide bonds. The van der Waals surface area contributed by atoms with Gasteiger partial charge in [0.05, 0.1) is 19.2 Å². The first-order chi connectivity index (χ1) is 17.0. The number of aryl methyl sites for hydroxylation is 2. The molecule has 1 saturated heterocycles. The van der Waals surface area contributed by atoms with Crippen LogP contribution in [-0.2, 0) is 38.5 Å². The van der Waals surface area contributed by atoms with Crippen LogP contribution in [0.2, 0.25) is 0 Å². The molecule has 9 heteroatoms. The summed E-state index contributed by atoms with van der Waals surface area (Å²) in [7, 11) is 0. The number of nitrogens with one attached hydrogen (secondary N) is 3. The van der Waals surface area contributed by atoms with Gasteiger partial charge >= 0.3 is 5.97 Å². The molecule has 0 saturated carbocycles. The van der Waals surface area contributed by atoms with Gasteiger partial charge in [0.25, 0.3) is 5.91 Å². The number of benzene rings is 2. The number of carbonyl (C=O) groups excluding carboxylic acids is 3. The number of imidazole rings is 1. The average molecular weight is 477 g/mol. The standard InChI is InChI=1S/C26H28N4O5/c1-17(28-25(33)21-15-27-22(29-21)13-12-18-8-4-2-5-9-18)24(32)30-20-14-23(31)35-26(20)34-16-19-10-6-3-7-11-19/h2-11,15,17,20,26H,12-14,16H2,1H3,(H,27,29)(H,28,33)(H,30,32)/t17-,20+,26+/m1/s1. The van der Waals surface area contributed by atoms with Gasteiger partial charge in [0, 0.05) is 6.42 Å². The summed E-state index contributed by atoms with van der Waals surface area (Å²) in [6.07, 6.45) is 2.01. The van der Waals surface area contributed by atoms with Crippen molar-refractivity contribution in [2.75, 3.05) is 0 Å². The topological polar surface area (TPSA) is 122 Å². The summed E-state index contributed by atoms with van der Waals surface area (Å²) >= 11 is 0. The molecule has 1 aliphatic heterocycles. The van der Waals surface area contributed by atoms with Crippen molar-refractivity contribution in [2.24, 2.45) is 0 Å². The first kappa shape index (κ1) is 24.2. The minimum atomic E-state index is -0.894. The smallest absolute Gasteiger partial charge is 0.310 e. The molecule has 0 unspecified atom stereocenters. The summed E-state index contributed by atoms with van der Waals surface area (Å²) in [5, 5.41) is 5.40. The summed E-state index contributed by atoms with van der Waals surface area (Å²) in [6, 6.07) is 18.0. The lowest BCUT2D eigenvalue weighted by molar-refractivity contribution is -0.168. The van der Waals surface area contributed by atoms with Crippen LogP contribution in [0.15, 0.2) is 66.9 Å². The second-order valence-corrected chi connectivity index (χ2v) is 8.40. The number of rotatable bonds is 10. The summed E-state index contributed by atoms with van der Waals surface area (Å²) in [5.41, 5.74) is 2.38. The SMILES string of the molecule is C[C@@H](NC(=O)c1cnc(CCc2ccccc2)[nH]1)C(=O)N[C@H]1CC(=O)O[C@@H]1OCc1ccccc1. The Labute approximate surface area is 203 Å². The third kappa shape index (κ3) is 6.77. The zero-order valence-electron chi connectivity index (χ0n) is 19.4. The molecule has 182 valence electrons. The third-order valence-corrected chi connectivity index (χ3v) is 5.65. The van der Waals surface area contributed by atoms with E-state index in [0.29, 0.717) is 12.2 Å². The van der Waals surface area contributed by atoms with E-state index >= 15 is 0 Å². The molecule has 1 fully saturated rings. The fourth-order valence-electron chi connectivity index (χ4n) is 3.72. The van der Waals surface area contributed by atoms with Crippen molar-refractivity contribution in [3.05, 3.63) is 89.5 Å². The minimum Gasteiger partial charge on any atom is -0.433 e. The molecule has 0 bridgehead atoms. The first-order valence-corrected chi connectivity index (χ1v) is 11.5. The Bertz CT molecular complexity index is 1150. The van der Waals surface area contributed by atoms with Crippen molar-refractivity contribution in [3.63, 3.8) is 0 Å². The lowest BCUT2D eigenvalue weighted by atomic mass is 10.1. The van der Waals surface area contributed by atoms with Gasteiger partial charge in [0.15, 0.2) is 0 Å². The maximum Gasteiger partial charge on any atom is 0.310 e. The Morgan fingerprint density at radius 1 is 1.09 bits per heavy atom. The number of ether oxygens (including phenoxy) is 2. The highest BCUT2D eigenvalue weighted by Gasteiger charge is 2.37. The number of carbonyl (C=O) groups is 3. The number of aromatic amines is 1. The van der Waals surface area contributed by atoms with Crippen LogP contribution < -0.4 is 10.6 Å². The molecule has 3 N–H and O–H groups in total. The molecular formula is C26H28N4O5. The molecule has 3 aromatic rings. The number of H-pyrrole nitrogens is 1. The van der Waals surface area contributed by atoms with Crippen LogP contribution in [-0.4, -0.2) is 46.1 Å². The van der Waals surface area contributed by atoms with E-state index in [1.54, 1.807) is 6.92 Å². The number of hydrogen-bond donors (Lipinski definition) is 3. The molecule has 4 rings (SSSR count). The van der Waals surface area contributed by atoms with Crippen LogP contribution in [0.25, 0.3) is 0 Å². The molecule has 0 aliphatic carbocycles. The third-order valence-electron chi connectivity index (χ3n) is 5.65. The second kappa shape index (κ2) is 11.4. The number of aromatic nitrogens is 2.